The number of nitrogens with zero attached hydrogens (tertiary/aromatic N) is 2. The lowest BCUT2D eigenvalue weighted by Crippen LogP contribution is -2.42. The van der Waals surface area contributed by atoms with Crippen LogP contribution in [0, 0.1) is 0 Å². The maximum atomic E-state index is 12.3. The van der Waals surface area contributed by atoms with Gasteiger partial charge < -0.3 is 9.15 Å². The Balaban J connectivity index is 1.84. The molecule has 7 nitrogen and oxygen atoms in total. The molecule has 0 bridgehead atoms. The quantitative estimate of drug-likeness (QED) is 0.823. The number of esters is 1. The highest BCUT2D eigenvalue weighted by atomic mass is 16.5. The number of carbonyl (C=O) groups excluding carboxylic acids is 2. The lowest BCUT2D eigenvalue weighted by atomic mass is 9.92. The highest BCUT2D eigenvalue weighted by Gasteiger charge is 2.41. The van der Waals surface area contributed by atoms with Gasteiger partial charge in [-0.2, -0.15) is 0 Å². The molecular weight excluding hydrogens is 298 g/mol. The number of oxazole rings is 1. The van der Waals surface area contributed by atoms with E-state index in [4.69, 9.17) is 9.15 Å². The van der Waals surface area contributed by atoms with Gasteiger partial charge in [-0.25, -0.2) is 15.2 Å². The summed E-state index contributed by atoms with van der Waals surface area (Å²) in [7, 11) is 0. The fraction of sp³-hybridized carbons (Fsp3) is 0.562. The smallest absolute Gasteiger partial charge is 0.329 e. The van der Waals surface area contributed by atoms with Gasteiger partial charge in [0.05, 0.1) is 18.5 Å². The van der Waals surface area contributed by atoms with E-state index in [2.05, 4.69) is 10.4 Å². The highest BCUT2D eigenvalue weighted by molar-refractivity contribution is 5.99. The van der Waals surface area contributed by atoms with E-state index in [1.807, 2.05) is 6.92 Å². The monoisotopic (exact) mass is 319 g/mol. The standard InChI is InChI=1S/C16H21N3O4/c1-3-10-8-17-13(23-10)9-19-15-11(6-5-7-12(15)20)14(18-19)16(21)22-4-2/h8,14,18H,3-7,9H2,1-2H3. The third-order valence-electron chi connectivity index (χ3n) is 4.09. The maximum absolute atomic E-state index is 12.3. The van der Waals surface area contributed by atoms with Crippen molar-refractivity contribution in [2.45, 2.75) is 52.1 Å². The second-order valence-corrected chi connectivity index (χ2v) is 5.62. The van der Waals surface area contributed by atoms with Crippen LogP contribution in [0.1, 0.15) is 44.8 Å². The van der Waals surface area contributed by atoms with Crippen LogP contribution in [0.2, 0.25) is 0 Å². The van der Waals surface area contributed by atoms with Crippen molar-refractivity contribution in [3.8, 4) is 0 Å². The van der Waals surface area contributed by atoms with Crippen molar-refractivity contribution in [3.05, 3.63) is 29.1 Å². The number of Topliss-reactive ketones (excluding diaryl/α,β-unsaturated/α-hetero) is 1. The van der Waals surface area contributed by atoms with Crippen molar-refractivity contribution in [1.29, 1.82) is 0 Å². The first-order chi connectivity index (χ1) is 11.1. The molecule has 1 aliphatic heterocycles. The van der Waals surface area contributed by atoms with E-state index in [-0.39, 0.29) is 11.8 Å². The molecule has 2 aliphatic rings. The predicted octanol–water partition coefficient (Wildman–Crippen LogP) is 1.50. The first-order valence-corrected chi connectivity index (χ1v) is 8.04. The molecule has 0 radical (unpaired) electrons. The molecule has 0 saturated carbocycles. The Morgan fingerprint density at radius 3 is 3.00 bits per heavy atom. The van der Waals surface area contributed by atoms with Gasteiger partial charge >= 0.3 is 5.97 Å². The zero-order chi connectivity index (χ0) is 16.4. The number of allylic oxidation sites excluding steroid dienone is 1. The number of aromatic nitrogens is 1. The van der Waals surface area contributed by atoms with E-state index in [1.54, 1.807) is 18.1 Å². The summed E-state index contributed by atoms with van der Waals surface area (Å²) in [5, 5.41) is 1.68. The van der Waals surface area contributed by atoms with Crippen molar-refractivity contribution < 1.29 is 18.7 Å². The molecule has 0 saturated heterocycles. The van der Waals surface area contributed by atoms with Crippen LogP contribution in [-0.4, -0.2) is 34.4 Å². The summed E-state index contributed by atoms with van der Waals surface area (Å²) in [6, 6.07) is -0.588. The molecule has 1 aromatic heterocycles. The molecule has 7 heteroatoms. The van der Waals surface area contributed by atoms with Gasteiger partial charge in [-0.05, 0) is 25.3 Å². The van der Waals surface area contributed by atoms with Crippen LogP contribution in [0.25, 0.3) is 0 Å². The minimum Gasteiger partial charge on any atom is -0.465 e. The molecule has 1 unspecified atom stereocenters. The van der Waals surface area contributed by atoms with Crippen LogP contribution in [-0.2, 0) is 27.3 Å². The summed E-state index contributed by atoms with van der Waals surface area (Å²) in [5.74, 6) is 1.01. The summed E-state index contributed by atoms with van der Waals surface area (Å²) in [4.78, 5) is 28.7. The first-order valence-electron chi connectivity index (χ1n) is 8.04. The highest BCUT2D eigenvalue weighted by Crippen LogP contribution is 2.32. The number of carbonyl (C=O) groups is 2. The van der Waals surface area contributed by atoms with Gasteiger partial charge in [0.1, 0.15) is 18.3 Å². The minimum absolute atomic E-state index is 0.0489. The number of rotatable bonds is 5. The fourth-order valence-electron chi connectivity index (χ4n) is 3.02. The third kappa shape index (κ3) is 3.01. The predicted molar refractivity (Wildman–Crippen MR) is 80.9 cm³/mol. The molecule has 0 amide bonds. The molecular formula is C16H21N3O4. The number of ether oxygens (including phenoxy) is 1. The number of nitrogens with one attached hydrogen (secondary N) is 1. The largest absolute Gasteiger partial charge is 0.465 e. The van der Waals surface area contributed by atoms with Gasteiger partial charge in [-0.1, -0.05) is 6.92 Å². The van der Waals surface area contributed by atoms with Crippen LogP contribution in [0.15, 0.2) is 21.9 Å². The minimum atomic E-state index is -0.588. The van der Waals surface area contributed by atoms with Gasteiger partial charge in [0.25, 0.3) is 0 Å². The Kier molecular flexibility index (Phi) is 4.47. The van der Waals surface area contributed by atoms with Crippen molar-refractivity contribution in [1.82, 2.24) is 15.4 Å². The zero-order valence-corrected chi connectivity index (χ0v) is 13.4. The third-order valence-corrected chi connectivity index (χ3v) is 4.09. The first kappa shape index (κ1) is 15.7. The normalized spacial score (nSPS) is 20.9. The maximum Gasteiger partial charge on any atom is 0.329 e. The summed E-state index contributed by atoms with van der Waals surface area (Å²) in [6.07, 6.45) is 4.44. The lowest BCUT2D eigenvalue weighted by molar-refractivity contribution is -0.145. The second kappa shape index (κ2) is 6.54. The Bertz CT molecular complexity index is 650. The molecule has 1 atom stereocenters. The van der Waals surface area contributed by atoms with E-state index in [1.165, 1.54) is 0 Å². The molecule has 23 heavy (non-hydrogen) atoms. The summed E-state index contributed by atoms with van der Waals surface area (Å²) in [6.45, 7) is 4.37. The number of hydrogen-bond donors (Lipinski definition) is 1. The Morgan fingerprint density at radius 1 is 1.48 bits per heavy atom. The van der Waals surface area contributed by atoms with Crippen LogP contribution in [0.3, 0.4) is 0 Å². The molecule has 0 spiro atoms. The van der Waals surface area contributed by atoms with E-state index in [0.717, 1.165) is 30.6 Å². The van der Waals surface area contributed by atoms with Gasteiger partial charge in [0.2, 0.25) is 5.89 Å². The van der Waals surface area contributed by atoms with E-state index in [9.17, 15) is 9.59 Å². The van der Waals surface area contributed by atoms with Gasteiger partial charge in [0, 0.05) is 12.8 Å². The molecule has 0 fully saturated rings. The zero-order valence-electron chi connectivity index (χ0n) is 13.4. The molecule has 3 rings (SSSR count). The lowest BCUT2D eigenvalue weighted by Gasteiger charge is -2.21. The Morgan fingerprint density at radius 2 is 2.30 bits per heavy atom. The molecule has 0 aromatic carbocycles. The van der Waals surface area contributed by atoms with Gasteiger partial charge in [-0.3, -0.25) is 9.80 Å². The Hall–Kier alpha value is -2.15. The number of aryl methyl sites for hydroxylation is 1. The number of ketones is 1. The van der Waals surface area contributed by atoms with E-state index < -0.39 is 6.04 Å². The molecule has 1 N–H and O–H groups in total. The Labute approximate surface area is 134 Å². The van der Waals surface area contributed by atoms with Crippen molar-refractivity contribution in [2.24, 2.45) is 0 Å². The van der Waals surface area contributed by atoms with Gasteiger partial charge in [0.15, 0.2) is 5.78 Å². The average Bonchev–Trinajstić information content (AvgIpc) is 3.13. The van der Waals surface area contributed by atoms with Crippen LogP contribution in [0.5, 0.6) is 0 Å². The van der Waals surface area contributed by atoms with Gasteiger partial charge in [-0.15, -0.1) is 0 Å². The summed E-state index contributed by atoms with van der Waals surface area (Å²) in [5.41, 5.74) is 4.48. The van der Waals surface area contributed by atoms with Crippen LogP contribution < -0.4 is 5.43 Å². The summed E-state index contributed by atoms with van der Waals surface area (Å²) >= 11 is 0. The number of hydrogen-bond acceptors (Lipinski definition) is 7. The molecule has 1 aromatic rings. The average molecular weight is 319 g/mol. The SMILES string of the molecule is CCOC(=O)C1NN(Cc2ncc(CC)o2)C2=C1CCCC2=O. The molecule has 2 heterocycles. The van der Waals surface area contributed by atoms with Crippen LogP contribution in [0.4, 0.5) is 0 Å². The van der Waals surface area contributed by atoms with Crippen molar-refractivity contribution >= 4 is 11.8 Å². The van der Waals surface area contributed by atoms with Crippen molar-refractivity contribution in [2.75, 3.05) is 6.61 Å². The number of hydrazine groups is 1. The molecule has 1 aliphatic carbocycles. The van der Waals surface area contributed by atoms with E-state index in [0.29, 0.717) is 31.2 Å². The second-order valence-electron chi connectivity index (χ2n) is 5.62. The fourth-order valence-corrected chi connectivity index (χ4v) is 3.02. The summed E-state index contributed by atoms with van der Waals surface area (Å²) < 4.78 is 10.7. The topological polar surface area (TPSA) is 84.7 Å². The van der Waals surface area contributed by atoms with Crippen molar-refractivity contribution in [3.63, 3.8) is 0 Å². The molecule has 124 valence electrons. The van der Waals surface area contributed by atoms with E-state index >= 15 is 0 Å². The van der Waals surface area contributed by atoms with Crippen LogP contribution >= 0.6 is 0 Å².